The Bertz CT molecular complexity index is 1080. The van der Waals surface area contributed by atoms with Gasteiger partial charge in [0.1, 0.15) is 19.0 Å². The van der Waals surface area contributed by atoms with Crippen molar-refractivity contribution in [2.75, 3.05) is 52.9 Å². The van der Waals surface area contributed by atoms with Crippen molar-refractivity contribution in [2.45, 2.75) is 32.4 Å². The first-order chi connectivity index (χ1) is 17.7. The number of nitrogens with zero attached hydrogens (tertiary/aromatic N) is 3. The third-order valence-corrected chi connectivity index (χ3v) is 6.38. The molecule has 2 heterocycles. The van der Waals surface area contributed by atoms with Crippen LogP contribution in [0.5, 0.6) is 5.75 Å². The van der Waals surface area contributed by atoms with Crippen molar-refractivity contribution in [1.82, 2.24) is 14.8 Å². The molecular formula is C27H36N4O6. The highest BCUT2D eigenvalue weighted by Crippen LogP contribution is 2.26. The first-order valence-electron chi connectivity index (χ1n) is 12.3. The molecule has 3 amide bonds. The lowest BCUT2D eigenvalue weighted by Gasteiger charge is -2.36. The van der Waals surface area contributed by atoms with Gasteiger partial charge in [0.25, 0.3) is 5.91 Å². The van der Waals surface area contributed by atoms with E-state index in [9.17, 15) is 14.4 Å². The van der Waals surface area contributed by atoms with Crippen molar-refractivity contribution in [2.24, 2.45) is 5.92 Å². The zero-order valence-electron chi connectivity index (χ0n) is 22.1. The summed E-state index contributed by atoms with van der Waals surface area (Å²) >= 11 is 0. The molecule has 1 N–H and O–H groups in total. The van der Waals surface area contributed by atoms with E-state index in [1.807, 2.05) is 32.0 Å². The second kappa shape index (κ2) is 13.2. The van der Waals surface area contributed by atoms with E-state index in [0.29, 0.717) is 35.8 Å². The number of pyridine rings is 1. The fourth-order valence-electron chi connectivity index (χ4n) is 4.29. The maximum absolute atomic E-state index is 13.4. The van der Waals surface area contributed by atoms with Gasteiger partial charge in [-0.05, 0) is 37.3 Å². The first-order valence-corrected chi connectivity index (χ1v) is 12.3. The lowest BCUT2D eigenvalue weighted by molar-refractivity contribution is -0.134. The summed E-state index contributed by atoms with van der Waals surface area (Å²) in [5.74, 6) is -0.346. The standard InChI is InChI=1S/C27H36N4O6/c1-18-14-31(26(33)13-20-8-6-7-11-28-20)19(2)16-37-23-10-9-21(29-25(32)17-35-4)12-22(23)27(34)30(3)15-24(18)36-5/h6-12,18-19,24H,13-17H2,1-5H3,(H,29,32)/t18-,19+,24+/m1/s1. The molecule has 0 bridgehead atoms. The van der Waals surface area contributed by atoms with Crippen molar-refractivity contribution >= 4 is 23.4 Å². The highest BCUT2D eigenvalue weighted by Gasteiger charge is 2.30. The highest BCUT2D eigenvalue weighted by atomic mass is 16.5. The molecule has 1 aromatic carbocycles. The summed E-state index contributed by atoms with van der Waals surface area (Å²) in [5.41, 5.74) is 1.45. The molecule has 1 aliphatic rings. The minimum atomic E-state index is -0.332. The molecule has 2 aromatic rings. The second-order valence-corrected chi connectivity index (χ2v) is 9.33. The largest absolute Gasteiger partial charge is 0.491 e. The molecule has 0 saturated carbocycles. The summed E-state index contributed by atoms with van der Waals surface area (Å²) in [4.78, 5) is 46.5. The lowest BCUT2D eigenvalue weighted by Crippen LogP contribution is -2.49. The first kappa shape index (κ1) is 28.1. The third kappa shape index (κ3) is 7.50. The SMILES string of the molecule is COCC(=O)Nc1ccc2c(c1)C(=O)N(C)C[C@H](OC)[C@H](C)CN(C(=O)Cc1ccccn1)[C@@H](C)CO2. The van der Waals surface area contributed by atoms with E-state index < -0.39 is 0 Å². The Morgan fingerprint density at radius 3 is 2.62 bits per heavy atom. The molecule has 10 heteroatoms. The highest BCUT2D eigenvalue weighted by molar-refractivity contribution is 5.99. The van der Waals surface area contributed by atoms with E-state index in [1.54, 1.807) is 48.4 Å². The number of nitrogens with one attached hydrogen (secondary N) is 1. The molecule has 0 spiro atoms. The Morgan fingerprint density at radius 1 is 1.16 bits per heavy atom. The molecule has 37 heavy (non-hydrogen) atoms. The van der Waals surface area contributed by atoms with E-state index in [1.165, 1.54) is 7.11 Å². The Balaban J connectivity index is 1.92. The number of ether oxygens (including phenoxy) is 3. The predicted molar refractivity (Wildman–Crippen MR) is 138 cm³/mol. The van der Waals surface area contributed by atoms with Gasteiger partial charge in [-0.3, -0.25) is 19.4 Å². The van der Waals surface area contributed by atoms with Crippen molar-refractivity contribution in [3.05, 3.63) is 53.9 Å². The van der Waals surface area contributed by atoms with Gasteiger partial charge < -0.3 is 29.3 Å². The quantitative estimate of drug-likeness (QED) is 0.632. The number of aromatic nitrogens is 1. The van der Waals surface area contributed by atoms with E-state index in [0.717, 1.165) is 0 Å². The number of hydrogen-bond donors (Lipinski definition) is 1. The van der Waals surface area contributed by atoms with Crippen LogP contribution in [0.25, 0.3) is 0 Å². The van der Waals surface area contributed by atoms with Crippen LogP contribution in [0, 0.1) is 5.92 Å². The number of carbonyl (C=O) groups excluding carboxylic acids is 3. The number of benzene rings is 1. The van der Waals surface area contributed by atoms with Gasteiger partial charge in [-0.1, -0.05) is 13.0 Å². The van der Waals surface area contributed by atoms with E-state index in [4.69, 9.17) is 14.2 Å². The lowest BCUT2D eigenvalue weighted by atomic mass is 10.0. The van der Waals surface area contributed by atoms with Gasteiger partial charge in [-0.15, -0.1) is 0 Å². The number of anilines is 1. The second-order valence-electron chi connectivity index (χ2n) is 9.33. The van der Waals surface area contributed by atoms with Crippen molar-refractivity contribution < 1.29 is 28.6 Å². The molecular weight excluding hydrogens is 476 g/mol. The smallest absolute Gasteiger partial charge is 0.257 e. The minimum Gasteiger partial charge on any atom is -0.491 e. The molecule has 3 atom stereocenters. The molecule has 0 saturated heterocycles. The van der Waals surface area contributed by atoms with Gasteiger partial charge in [0.15, 0.2) is 0 Å². The van der Waals surface area contributed by atoms with Crippen LogP contribution in [0.15, 0.2) is 42.6 Å². The minimum absolute atomic E-state index is 0.0607. The van der Waals surface area contributed by atoms with Crippen molar-refractivity contribution in [3.8, 4) is 5.75 Å². The van der Waals surface area contributed by atoms with Crippen LogP contribution in [0.1, 0.15) is 29.9 Å². The van der Waals surface area contributed by atoms with E-state index >= 15 is 0 Å². The molecule has 1 aromatic heterocycles. The zero-order chi connectivity index (χ0) is 26.9. The molecule has 10 nitrogen and oxygen atoms in total. The molecule has 3 rings (SSSR count). The van der Waals surface area contributed by atoms with Gasteiger partial charge in [-0.2, -0.15) is 0 Å². The summed E-state index contributed by atoms with van der Waals surface area (Å²) in [6.07, 6.45) is 1.54. The fourth-order valence-corrected chi connectivity index (χ4v) is 4.29. The monoisotopic (exact) mass is 512 g/mol. The topological polar surface area (TPSA) is 110 Å². The number of fused-ring (bicyclic) bond motifs is 1. The average molecular weight is 513 g/mol. The maximum Gasteiger partial charge on any atom is 0.257 e. The third-order valence-electron chi connectivity index (χ3n) is 6.38. The summed E-state index contributed by atoms with van der Waals surface area (Å²) in [5, 5.41) is 2.72. The number of hydrogen-bond acceptors (Lipinski definition) is 7. The van der Waals surface area contributed by atoms with E-state index in [2.05, 4.69) is 10.3 Å². The predicted octanol–water partition coefficient (Wildman–Crippen LogP) is 2.24. The summed E-state index contributed by atoms with van der Waals surface area (Å²) in [6, 6.07) is 10.1. The summed E-state index contributed by atoms with van der Waals surface area (Å²) < 4.78 is 16.7. The Kier molecular flexibility index (Phi) is 9.99. The van der Waals surface area contributed by atoms with E-state index in [-0.39, 0.29) is 55.4 Å². The van der Waals surface area contributed by atoms with Gasteiger partial charge >= 0.3 is 0 Å². The molecule has 0 fully saturated rings. The average Bonchev–Trinajstić information content (AvgIpc) is 2.88. The van der Waals surface area contributed by atoms with Crippen LogP contribution in [0.4, 0.5) is 5.69 Å². The van der Waals surface area contributed by atoms with Gasteiger partial charge in [-0.25, -0.2) is 0 Å². The molecule has 1 aliphatic heterocycles. The van der Waals surface area contributed by atoms with Gasteiger partial charge in [0.2, 0.25) is 11.8 Å². The molecule has 200 valence electrons. The normalized spacial score (nSPS) is 20.8. The zero-order valence-corrected chi connectivity index (χ0v) is 22.1. The molecule has 0 unspecified atom stereocenters. The van der Waals surface area contributed by atoms with Crippen molar-refractivity contribution in [3.63, 3.8) is 0 Å². The number of methoxy groups -OCH3 is 2. The van der Waals surface area contributed by atoms with Gasteiger partial charge in [0, 0.05) is 57.9 Å². The maximum atomic E-state index is 13.4. The number of carbonyl (C=O) groups is 3. The number of amides is 3. The number of likely N-dealkylation sites (N-methyl/N-ethyl adjacent to an activating group) is 1. The van der Waals surface area contributed by atoms with Crippen LogP contribution >= 0.6 is 0 Å². The van der Waals surface area contributed by atoms with Gasteiger partial charge in [0.05, 0.1) is 24.1 Å². The summed E-state index contributed by atoms with van der Waals surface area (Å²) in [6.45, 7) is 4.75. The fraction of sp³-hybridized carbons (Fsp3) is 0.481. The number of rotatable bonds is 6. The van der Waals surface area contributed by atoms with Crippen LogP contribution in [-0.4, -0.2) is 92.2 Å². The Labute approximate surface area is 217 Å². The Hall–Kier alpha value is -3.50. The molecule has 0 aliphatic carbocycles. The Morgan fingerprint density at radius 2 is 1.95 bits per heavy atom. The summed E-state index contributed by atoms with van der Waals surface area (Å²) in [7, 11) is 4.73. The van der Waals surface area contributed by atoms with Crippen molar-refractivity contribution in [1.29, 1.82) is 0 Å². The van der Waals surface area contributed by atoms with Crippen LogP contribution in [0.3, 0.4) is 0 Å². The van der Waals surface area contributed by atoms with Crippen LogP contribution in [0.2, 0.25) is 0 Å². The van der Waals surface area contributed by atoms with Crippen LogP contribution < -0.4 is 10.1 Å². The van der Waals surface area contributed by atoms with Crippen LogP contribution in [-0.2, 0) is 25.5 Å². The molecule has 0 radical (unpaired) electrons.